The van der Waals surface area contributed by atoms with E-state index in [1.54, 1.807) is 4.31 Å². The molecule has 2 aromatic carbocycles. The Hall–Kier alpha value is -1.44. The minimum absolute atomic E-state index is 0.273. The molecule has 0 bridgehead atoms. The van der Waals surface area contributed by atoms with E-state index in [1.807, 2.05) is 26.0 Å². The van der Waals surface area contributed by atoms with Gasteiger partial charge in [0, 0.05) is 50.8 Å². The van der Waals surface area contributed by atoms with Gasteiger partial charge in [-0.2, -0.15) is 0 Å². The minimum atomic E-state index is -3.08. The molecule has 2 aromatic rings. The van der Waals surface area contributed by atoms with Gasteiger partial charge in [-0.25, -0.2) is 12.7 Å². The maximum atomic E-state index is 12.3. The van der Waals surface area contributed by atoms with E-state index in [1.165, 1.54) is 16.7 Å². The molecule has 0 amide bonds. The van der Waals surface area contributed by atoms with Crippen molar-refractivity contribution in [2.24, 2.45) is 0 Å². The average Bonchev–Trinajstić information content (AvgIpc) is 2.81. The molecular formula is C26H38ClN3O2S. The molecule has 182 valence electrons. The summed E-state index contributed by atoms with van der Waals surface area (Å²) in [6.45, 7) is 11.2. The molecule has 0 aromatic heterocycles. The van der Waals surface area contributed by atoms with Crippen LogP contribution in [0, 0.1) is 0 Å². The number of hydrogen-bond acceptors (Lipinski definition) is 4. The van der Waals surface area contributed by atoms with Gasteiger partial charge in [-0.3, -0.25) is 4.90 Å². The van der Waals surface area contributed by atoms with Crippen molar-refractivity contribution in [1.82, 2.24) is 14.1 Å². The Morgan fingerprint density at radius 3 is 2.15 bits per heavy atom. The lowest BCUT2D eigenvalue weighted by atomic mass is 9.99. The van der Waals surface area contributed by atoms with Gasteiger partial charge < -0.3 is 4.90 Å². The lowest BCUT2D eigenvalue weighted by Gasteiger charge is -2.35. The first-order valence-electron chi connectivity index (χ1n) is 12.2. The number of rotatable bonds is 12. The second-order valence-electron chi connectivity index (χ2n) is 8.74. The van der Waals surface area contributed by atoms with Crippen LogP contribution in [0.25, 0.3) is 11.1 Å². The Labute approximate surface area is 205 Å². The van der Waals surface area contributed by atoms with Gasteiger partial charge in [0.1, 0.15) is 0 Å². The first kappa shape index (κ1) is 26.2. The van der Waals surface area contributed by atoms with Crippen molar-refractivity contribution < 1.29 is 8.42 Å². The smallest absolute Gasteiger partial charge is 0.214 e. The second-order valence-corrected chi connectivity index (χ2v) is 11.3. The minimum Gasteiger partial charge on any atom is -0.301 e. The van der Waals surface area contributed by atoms with Crippen molar-refractivity contribution in [3.63, 3.8) is 0 Å². The maximum Gasteiger partial charge on any atom is 0.214 e. The van der Waals surface area contributed by atoms with Crippen molar-refractivity contribution in [3.8, 4) is 11.1 Å². The number of benzene rings is 2. The standard InChI is InChI=1S/C26H38ClN3O2S/c1-3-30(4-2)33(31,32)21-9-5-8-16-28-17-19-29(20-18-28)22-24-10-6-7-11-26(24)23-12-14-25(27)15-13-23/h6-7,10-15H,3-5,8-9,16-22H2,1-2H3. The Morgan fingerprint density at radius 1 is 0.848 bits per heavy atom. The van der Waals surface area contributed by atoms with Crippen LogP contribution < -0.4 is 0 Å². The van der Waals surface area contributed by atoms with E-state index in [9.17, 15) is 8.42 Å². The quantitative estimate of drug-likeness (QED) is 0.393. The van der Waals surface area contributed by atoms with Gasteiger partial charge in [0.25, 0.3) is 0 Å². The number of unbranched alkanes of at least 4 members (excludes halogenated alkanes) is 2. The van der Waals surface area contributed by atoms with Crippen LogP contribution in [0.3, 0.4) is 0 Å². The first-order chi connectivity index (χ1) is 15.9. The molecule has 1 heterocycles. The summed E-state index contributed by atoms with van der Waals surface area (Å²) in [5.41, 5.74) is 3.83. The number of piperazine rings is 1. The summed E-state index contributed by atoms with van der Waals surface area (Å²) in [5.74, 6) is 0.273. The van der Waals surface area contributed by atoms with E-state index >= 15 is 0 Å². The summed E-state index contributed by atoms with van der Waals surface area (Å²) >= 11 is 6.06. The van der Waals surface area contributed by atoms with Crippen LogP contribution in [0.15, 0.2) is 48.5 Å². The highest BCUT2D eigenvalue weighted by molar-refractivity contribution is 7.89. The number of nitrogens with zero attached hydrogens (tertiary/aromatic N) is 3. The van der Waals surface area contributed by atoms with E-state index in [0.717, 1.165) is 63.6 Å². The Kier molecular flexibility index (Phi) is 10.2. The van der Waals surface area contributed by atoms with Crippen LogP contribution in [0.1, 0.15) is 38.7 Å². The third kappa shape index (κ3) is 7.79. The van der Waals surface area contributed by atoms with E-state index in [-0.39, 0.29) is 5.75 Å². The van der Waals surface area contributed by atoms with Crippen molar-refractivity contribution in [1.29, 1.82) is 0 Å². The molecule has 3 rings (SSSR count). The van der Waals surface area contributed by atoms with Crippen molar-refractivity contribution in [2.45, 2.75) is 39.7 Å². The molecule has 0 aliphatic carbocycles. The van der Waals surface area contributed by atoms with Crippen LogP contribution in [0.2, 0.25) is 5.02 Å². The molecule has 1 saturated heterocycles. The topological polar surface area (TPSA) is 43.9 Å². The molecule has 7 heteroatoms. The van der Waals surface area contributed by atoms with Gasteiger partial charge >= 0.3 is 0 Å². The molecular weight excluding hydrogens is 454 g/mol. The summed E-state index contributed by atoms with van der Waals surface area (Å²) in [5, 5.41) is 0.762. The van der Waals surface area contributed by atoms with Gasteiger partial charge in [-0.1, -0.05) is 68.3 Å². The van der Waals surface area contributed by atoms with Crippen LogP contribution in [-0.4, -0.2) is 74.1 Å². The second kappa shape index (κ2) is 12.9. The molecule has 33 heavy (non-hydrogen) atoms. The van der Waals surface area contributed by atoms with Gasteiger partial charge in [0.15, 0.2) is 0 Å². The monoisotopic (exact) mass is 491 g/mol. The molecule has 1 fully saturated rings. The fraction of sp³-hybridized carbons (Fsp3) is 0.538. The zero-order valence-corrected chi connectivity index (χ0v) is 21.6. The SMILES string of the molecule is CCN(CC)S(=O)(=O)CCCCCN1CCN(Cc2ccccc2-c2ccc(Cl)cc2)CC1. The first-order valence-corrected chi connectivity index (χ1v) is 14.2. The summed E-state index contributed by atoms with van der Waals surface area (Å²) in [7, 11) is -3.08. The Balaban J connectivity index is 1.40. The third-order valence-corrected chi connectivity index (χ3v) is 8.87. The summed E-state index contributed by atoms with van der Waals surface area (Å²) in [6.07, 6.45) is 2.78. The van der Waals surface area contributed by atoms with Gasteiger partial charge in [0.05, 0.1) is 5.75 Å². The predicted octanol–water partition coefficient (Wildman–Crippen LogP) is 4.97. The predicted molar refractivity (Wildman–Crippen MR) is 139 cm³/mol. The largest absolute Gasteiger partial charge is 0.301 e. The highest BCUT2D eigenvalue weighted by Gasteiger charge is 2.19. The van der Waals surface area contributed by atoms with E-state index in [4.69, 9.17) is 11.6 Å². The molecule has 0 unspecified atom stereocenters. The zero-order chi connectivity index (χ0) is 23.7. The highest BCUT2D eigenvalue weighted by Crippen LogP contribution is 2.26. The van der Waals surface area contributed by atoms with E-state index in [0.29, 0.717) is 13.1 Å². The summed E-state index contributed by atoms with van der Waals surface area (Å²) in [4.78, 5) is 5.04. The Morgan fingerprint density at radius 2 is 1.48 bits per heavy atom. The average molecular weight is 492 g/mol. The zero-order valence-electron chi connectivity index (χ0n) is 20.0. The lowest BCUT2D eigenvalue weighted by Crippen LogP contribution is -2.46. The third-order valence-electron chi connectivity index (χ3n) is 6.51. The lowest BCUT2D eigenvalue weighted by molar-refractivity contribution is 0.126. The maximum absolute atomic E-state index is 12.3. The van der Waals surface area contributed by atoms with Crippen molar-refractivity contribution >= 4 is 21.6 Å². The number of hydrogen-bond donors (Lipinski definition) is 0. The normalized spacial score (nSPS) is 15.9. The van der Waals surface area contributed by atoms with E-state index in [2.05, 4.69) is 46.2 Å². The highest BCUT2D eigenvalue weighted by atomic mass is 35.5. The molecule has 0 spiro atoms. The van der Waals surface area contributed by atoms with Crippen LogP contribution in [-0.2, 0) is 16.6 Å². The summed E-state index contributed by atoms with van der Waals surface area (Å²) in [6, 6.07) is 16.7. The molecule has 5 nitrogen and oxygen atoms in total. The molecule has 1 aliphatic heterocycles. The van der Waals surface area contributed by atoms with E-state index < -0.39 is 10.0 Å². The molecule has 0 saturated carbocycles. The Bertz CT molecular complexity index is 954. The fourth-order valence-electron chi connectivity index (χ4n) is 4.52. The molecule has 0 N–H and O–H groups in total. The molecule has 0 radical (unpaired) electrons. The van der Waals surface area contributed by atoms with Crippen LogP contribution in [0.5, 0.6) is 0 Å². The van der Waals surface area contributed by atoms with Crippen molar-refractivity contribution in [2.75, 3.05) is 51.6 Å². The van der Waals surface area contributed by atoms with Crippen molar-refractivity contribution in [3.05, 3.63) is 59.1 Å². The molecule has 1 aliphatic rings. The van der Waals surface area contributed by atoms with Gasteiger partial charge in [-0.15, -0.1) is 0 Å². The fourth-order valence-corrected chi connectivity index (χ4v) is 6.26. The molecule has 0 atom stereocenters. The van der Waals surface area contributed by atoms with Gasteiger partial charge in [-0.05, 0) is 48.2 Å². The van der Waals surface area contributed by atoms with Crippen LogP contribution >= 0.6 is 11.6 Å². The van der Waals surface area contributed by atoms with Gasteiger partial charge in [0.2, 0.25) is 10.0 Å². The number of halogens is 1. The summed E-state index contributed by atoms with van der Waals surface area (Å²) < 4.78 is 26.1. The number of sulfonamides is 1. The van der Waals surface area contributed by atoms with Crippen LogP contribution in [0.4, 0.5) is 0 Å².